The van der Waals surface area contributed by atoms with Crippen LogP contribution < -0.4 is 0 Å². The van der Waals surface area contributed by atoms with Crippen LogP contribution >= 0.6 is 23.4 Å². The van der Waals surface area contributed by atoms with Gasteiger partial charge in [-0.05, 0) is 18.2 Å². The fourth-order valence-electron chi connectivity index (χ4n) is 0.834. The highest BCUT2D eigenvalue weighted by Gasteiger charge is 2.02. The van der Waals surface area contributed by atoms with Gasteiger partial charge in [0.1, 0.15) is 5.75 Å². The number of carbonyl (C=O) groups is 1. The summed E-state index contributed by atoms with van der Waals surface area (Å²) >= 11 is 7.07. The molecule has 0 saturated heterocycles. The van der Waals surface area contributed by atoms with Gasteiger partial charge in [-0.1, -0.05) is 11.6 Å². The quantitative estimate of drug-likeness (QED) is 0.784. The number of carboxylic acid groups (broad SMARTS) is 1. The van der Waals surface area contributed by atoms with Gasteiger partial charge in [0.2, 0.25) is 0 Å². The number of hydrogen-bond donors (Lipinski definition) is 2. The van der Waals surface area contributed by atoms with Crippen molar-refractivity contribution in [1.82, 2.24) is 0 Å². The number of aromatic hydroxyl groups is 1. The van der Waals surface area contributed by atoms with Gasteiger partial charge in [-0.25, -0.2) is 0 Å². The van der Waals surface area contributed by atoms with E-state index >= 15 is 0 Å². The average molecular weight is 233 g/mol. The molecule has 0 aromatic heterocycles. The molecule has 1 rings (SSSR count). The molecule has 1 aromatic carbocycles. The molecule has 76 valence electrons. The van der Waals surface area contributed by atoms with Crippen LogP contribution in [0.3, 0.4) is 0 Å². The van der Waals surface area contributed by atoms with Gasteiger partial charge in [-0.2, -0.15) is 0 Å². The number of hydrogen-bond acceptors (Lipinski definition) is 3. The molecule has 5 heteroatoms. The second-order valence-corrected chi connectivity index (χ2v) is 4.18. The SMILES string of the molecule is O=C(O)CCSc1ccc(O)c(Cl)c1. The first-order valence-corrected chi connectivity index (χ1v) is 5.29. The van der Waals surface area contributed by atoms with Crippen molar-refractivity contribution in [2.45, 2.75) is 11.3 Å². The number of carboxylic acids is 1. The number of halogens is 1. The molecule has 0 spiro atoms. The molecule has 0 fully saturated rings. The third kappa shape index (κ3) is 3.47. The second-order valence-electron chi connectivity index (χ2n) is 2.61. The molecule has 0 amide bonds. The van der Waals surface area contributed by atoms with Crippen LogP contribution in [0.2, 0.25) is 5.02 Å². The summed E-state index contributed by atoms with van der Waals surface area (Å²) in [6.45, 7) is 0. The van der Waals surface area contributed by atoms with E-state index in [4.69, 9.17) is 21.8 Å². The van der Waals surface area contributed by atoms with E-state index in [0.717, 1.165) is 4.90 Å². The molecule has 3 nitrogen and oxygen atoms in total. The standard InChI is InChI=1S/C9H9ClO3S/c10-7-5-6(1-2-8(7)11)14-4-3-9(12)13/h1-2,5,11H,3-4H2,(H,12,13). The highest BCUT2D eigenvalue weighted by atomic mass is 35.5. The Morgan fingerprint density at radius 2 is 2.21 bits per heavy atom. The van der Waals surface area contributed by atoms with E-state index in [9.17, 15) is 4.79 Å². The zero-order valence-corrected chi connectivity index (χ0v) is 8.81. The topological polar surface area (TPSA) is 57.5 Å². The van der Waals surface area contributed by atoms with Crippen molar-refractivity contribution < 1.29 is 15.0 Å². The smallest absolute Gasteiger partial charge is 0.304 e. The zero-order valence-electron chi connectivity index (χ0n) is 7.24. The van der Waals surface area contributed by atoms with Crippen molar-refractivity contribution in [3.63, 3.8) is 0 Å². The van der Waals surface area contributed by atoms with Gasteiger partial charge in [0.25, 0.3) is 0 Å². The number of thioether (sulfide) groups is 1. The lowest BCUT2D eigenvalue weighted by Crippen LogP contribution is -1.95. The van der Waals surface area contributed by atoms with Crippen molar-refractivity contribution >= 4 is 29.3 Å². The Kier molecular flexibility index (Phi) is 4.10. The molecule has 0 heterocycles. The Morgan fingerprint density at radius 1 is 1.50 bits per heavy atom. The highest BCUT2D eigenvalue weighted by molar-refractivity contribution is 7.99. The maximum atomic E-state index is 10.2. The lowest BCUT2D eigenvalue weighted by molar-refractivity contribution is -0.136. The number of aliphatic carboxylic acids is 1. The van der Waals surface area contributed by atoms with E-state index in [-0.39, 0.29) is 17.2 Å². The third-order valence-corrected chi connectivity index (χ3v) is 2.80. The normalized spacial score (nSPS) is 10.1. The van der Waals surface area contributed by atoms with Crippen LogP contribution in [0.25, 0.3) is 0 Å². The van der Waals surface area contributed by atoms with Gasteiger partial charge in [0, 0.05) is 10.6 Å². The van der Waals surface area contributed by atoms with Crippen LogP contribution in [0, 0.1) is 0 Å². The molecule has 0 radical (unpaired) electrons. The van der Waals surface area contributed by atoms with Gasteiger partial charge < -0.3 is 10.2 Å². The van der Waals surface area contributed by atoms with Crippen molar-refractivity contribution in [1.29, 1.82) is 0 Å². The molecule has 0 aliphatic rings. The first-order valence-electron chi connectivity index (χ1n) is 3.92. The fourth-order valence-corrected chi connectivity index (χ4v) is 1.96. The largest absolute Gasteiger partial charge is 0.506 e. The predicted octanol–water partition coefficient (Wildman–Crippen LogP) is 2.61. The van der Waals surface area contributed by atoms with Crippen LogP contribution in [0.4, 0.5) is 0 Å². The molecular weight excluding hydrogens is 224 g/mol. The Morgan fingerprint density at radius 3 is 2.79 bits per heavy atom. The van der Waals surface area contributed by atoms with Crippen molar-refractivity contribution in [3.05, 3.63) is 23.2 Å². The summed E-state index contributed by atoms with van der Waals surface area (Å²) in [7, 11) is 0. The molecule has 1 aromatic rings. The number of benzene rings is 1. The minimum Gasteiger partial charge on any atom is -0.506 e. The molecule has 0 saturated carbocycles. The molecule has 0 atom stereocenters. The van der Waals surface area contributed by atoms with Crippen LogP contribution in [0.1, 0.15) is 6.42 Å². The molecule has 2 N–H and O–H groups in total. The molecular formula is C9H9ClO3S. The number of phenolic OH excluding ortho intramolecular Hbond substituents is 1. The van der Waals surface area contributed by atoms with Crippen LogP contribution in [-0.2, 0) is 4.79 Å². The maximum absolute atomic E-state index is 10.2. The predicted molar refractivity (Wildman–Crippen MR) is 56.1 cm³/mol. The average Bonchev–Trinajstić information content (AvgIpc) is 2.10. The minimum absolute atomic E-state index is 0.0363. The Hall–Kier alpha value is -0.870. The summed E-state index contributed by atoms with van der Waals surface area (Å²) in [5.74, 6) is -0.284. The van der Waals surface area contributed by atoms with E-state index in [2.05, 4.69) is 0 Å². The van der Waals surface area contributed by atoms with E-state index in [0.29, 0.717) is 5.75 Å². The van der Waals surface area contributed by atoms with Gasteiger partial charge in [-0.15, -0.1) is 11.8 Å². The maximum Gasteiger partial charge on any atom is 0.304 e. The summed E-state index contributed by atoms with van der Waals surface area (Å²) < 4.78 is 0. The van der Waals surface area contributed by atoms with Crippen LogP contribution in [0.5, 0.6) is 5.75 Å². The summed E-state index contributed by atoms with van der Waals surface area (Å²) in [6, 6.07) is 4.81. The van der Waals surface area contributed by atoms with Gasteiger partial charge in [0.15, 0.2) is 0 Å². The van der Waals surface area contributed by atoms with Crippen LogP contribution in [-0.4, -0.2) is 21.9 Å². The van der Waals surface area contributed by atoms with E-state index in [1.54, 1.807) is 12.1 Å². The monoisotopic (exact) mass is 232 g/mol. The Bertz CT molecular complexity index is 341. The van der Waals surface area contributed by atoms with Crippen molar-refractivity contribution in [2.75, 3.05) is 5.75 Å². The molecule has 0 bridgehead atoms. The van der Waals surface area contributed by atoms with Crippen molar-refractivity contribution in [3.8, 4) is 5.75 Å². The lowest BCUT2D eigenvalue weighted by Gasteiger charge is -2.01. The summed E-state index contributed by atoms with van der Waals surface area (Å²) in [5.41, 5.74) is 0. The number of rotatable bonds is 4. The molecule has 0 aliphatic heterocycles. The van der Waals surface area contributed by atoms with E-state index in [1.165, 1.54) is 17.8 Å². The van der Waals surface area contributed by atoms with Gasteiger partial charge in [0.05, 0.1) is 11.4 Å². The summed E-state index contributed by atoms with van der Waals surface area (Å²) in [6.07, 6.45) is 0.114. The second kappa shape index (κ2) is 5.12. The lowest BCUT2D eigenvalue weighted by atomic mass is 10.3. The Labute approximate surface area is 90.7 Å². The van der Waals surface area contributed by atoms with Crippen molar-refractivity contribution in [2.24, 2.45) is 0 Å². The first-order chi connectivity index (χ1) is 6.59. The fraction of sp³-hybridized carbons (Fsp3) is 0.222. The van der Waals surface area contributed by atoms with E-state index < -0.39 is 5.97 Å². The minimum atomic E-state index is -0.817. The summed E-state index contributed by atoms with van der Waals surface area (Å²) in [4.78, 5) is 11.1. The number of phenols is 1. The van der Waals surface area contributed by atoms with Gasteiger partial charge >= 0.3 is 5.97 Å². The van der Waals surface area contributed by atoms with E-state index in [1.807, 2.05) is 0 Å². The molecule has 0 aliphatic carbocycles. The first kappa shape index (κ1) is 11.2. The Balaban J connectivity index is 2.51. The highest BCUT2D eigenvalue weighted by Crippen LogP contribution is 2.28. The zero-order chi connectivity index (χ0) is 10.6. The summed E-state index contributed by atoms with van der Waals surface area (Å²) in [5, 5.41) is 17.8. The third-order valence-electron chi connectivity index (χ3n) is 1.50. The molecule has 0 unspecified atom stereocenters. The molecule has 14 heavy (non-hydrogen) atoms. The van der Waals surface area contributed by atoms with Crippen LogP contribution in [0.15, 0.2) is 23.1 Å². The van der Waals surface area contributed by atoms with Gasteiger partial charge in [-0.3, -0.25) is 4.79 Å².